The summed E-state index contributed by atoms with van der Waals surface area (Å²) in [4.78, 5) is 24.9. The van der Waals surface area contributed by atoms with Gasteiger partial charge in [-0.05, 0) is 19.1 Å². The molecule has 1 fully saturated rings. The van der Waals surface area contributed by atoms with Crippen molar-refractivity contribution in [2.45, 2.75) is 19.1 Å². The summed E-state index contributed by atoms with van der Waals surface area (Å²) in [6, 6.07) is 7.54. The summed E-state index contributed by atoms with van der Waals surface area (Å²) in [6.45, 7) is 1.98. The smallest absolute Gasteiger partial charge is 0.328 e. The van der Waals surface area contributed by atoms with Crippen molar-refractivity contribution in [3.63, 3.8) is 0 Å². The molecule has 0 aromatic heterocycles. The summed E-state index contributed by atoms with van der Waals surface area (Å²) in [5.41, 5.74) is 0.318. The van der Waals surface area contributed by atoms with Crippen LogP contribution in [0.4, 0.5) is 0 Å². The van der Waals surface area contributed by atoms with Crippen molar-refractivity contribution in [1.29, 1.82) is 5.26 Å². The lowest BCUT2D eigenvalue weighted by Crippen LogP contribution is -2.55. The van der Waals surface area contributed by atoms with E-state index in [9.17, 15) is 9.59 Å². The number of nitrogens with zero attached hydrogens (tertiary/aromatic N) is 2. The quantitative estimate of drug-likeness (QED) is 0.876. The molecule has 1 aromatic rings. The van der Waals surface area contributed by atoms with Crippen LogP contribution >= 0.6 is 0 Å². The minimum absolute atomic E-state index is 0.0391. The number of hydrogen-bond donors (Lipinski definition) is 1. The van der Waals surface area contributed by atoms with Crippen molar-refractivity contribution in [2.75, 3.05) is 19.8 Å². The van der Waals surface area contributed by atoms with Crippen LogP contribution in [0.2, 0.25) is 0 Å². The van der Waals surface area contributed by atoms with Crippen LogP contribution < -0.4 is 4.74 Å². The van der Waals surface area contributed by atoms with Crippen molar-refractivity contribution >= 4 is 11.9 Å². The summed E-state index contributed by atoms with van der Waals surface area (Å²) in [5.74, 6) is -1.26. The molecular weight excluding hydrogens is 288 g/mol. The molecule has 1 heterocycles. The predicted molar refractivity (Wildman–Crippen MR) is 75.2 cm³/mol. The highest BCUT2D eigenvalue weighted by atomic mass is 16.5. The molecule has 2 atom stereocenters. The Hall–Kier alpha value is -2.59. The number of carbonyl (C=O) groups is 2. The van der Waals surface area contributed by atoms with Gasteiger partial charge in [0, 0.05) is 6.54 Å². The fourth-order valence-corrected chi connectivity index (χ4v) is 2.21. The molecule has 116 valence electrons. The summed E-state index contributed by atoms with van der Waals surface area (Å²) in [6.07, 6.45) is -0.894. The first-order valence-corrected chi connectivity index (χ1v) is 6.81. The molecule has 0 unspecified atom stereocenters. The molecular formula is C15H16N2O5. The Labute approximate surface area is 127 Å². The third-order valence-electron chi connectivity index (χ3n) is 3.36. The fraction of sp³-hybridized carbons (Fsp3) is 0.400. The molecule has 0 spiro atoms. The second kappa shape index (κ2) is 6.91. The number of rotatable bonds is 4. The van der Waals surface area contributed by atoms with Crippen LogP contribution in [-0.4, -0.2) is 53.8 Å². The Morgan fingerprint density at radius 1 is 1.50 bits per heavy atom. The van der Waals surface area contributed by atoms with Gasteiger partial charge in [-0.1, -0.05) is 12.1 Å². The number of para-hydroxylation sites is 1. The topological polar surface area (TPSA) is 99.9 Å². The number of benzene rings is 1. The minimum Gasteiger partial charge on any atom is -0.480 e. The summed E-state index contributed by atoms with van der Waals surface area (Å²) >= 11 is 0. The lowest BCUT2D eigenvalue weighted by Gasteiger charge is -2.34. The van der Waals surface area contributed by atoms with E-state index in [1.54, 1.807) is 24.3 Å². The van der Waals surface area contributed by atoms with Crippen LogP contribution in [0.3, 0.4) is 0 Å². The average Bonchev–Trinajstić information content (AvgIpc) is 2.54. The van der Waals surface area contributed by atoms with Crippen molar-refractivity contribution in [3.05, 3.63) is 29.8 Å². The van der Waals surface area contributed by atoms with Gasteiger partial charge in [0.1, 0.15) is 11.8 Å². The van der Waals surface area contributed by atoms with Gasteiger partial charge >= 0.3 is 5.97 Å². The fourth-order valence-electron chi connectivity index (χ4n) is 2.21. The van der Waals surface area contributed by atoms with E-state index >= 15 is 0 Å². The SMILES string of the molecule is C[C@@H](Oc1ccccc1C#N)C(=O)N1CCOC[C@H]1C(=O)O. The van der Waals surface area contributed by atoms with Crippen molar-refractivity contribution in [1.82, 2.24) is 4.90 Å². The van der Waals surface area contributed by atoms with E-state index in [0.29, 0.717) is 11.3 Å². The van der Waals surface area contributed by atoms with Gasteiger partial charge in [0.15, 0.2) is 12.1 Å². The number of carbonyl (C=O) groups excluding carboxylic acids is 1. The molecule has 0 aliphatic carbocycles. The normalized spacial score (nSPS) is 19.1. The molecule has 1 N–H and O–H groups in total. The van der Waals surface area contributed by atoms with E-state index in [4.69, 9.17) is 19.8 Å². The molecule has 7 nitrogen and oxygen atoms in total. The molecule has 1 aliphatic rings. The molecule has 22 heavy (non-hydrogen) atoms. The van der Waals surface area contributed by atoms with E-state index in [1.807, 2.05) is 6.07 Å². The maximum Gasteiger partial charge on any atom is 0.328 e. The predicted octanol–water partition coefficient (Wildman–Crippen LogP) is 0.638. The van der Waals surface area contributed by atoms with Crippen LogP contribution in [0, 0.1) is 11.3 Å². The number of ether oxygens (including phenoxy) is 2. The zero-order valence-corrected chi connectivity index (χ0v) is 12.1. The molecule has 0 saturated carbocycles. The van der Waals surface area contributed by atoms with E-state index in [2.05, 4.69) is 0 Å². The van der Waals surface area contributed by atoms with Crippen molar-refractivity contribution in [3.8, 4) is 11.8 Å². The van der Waals surface area contributed by atoms with Crippen LogP contribution in [-0.2, 0) is 14.3 Å². The molecule has 1 aromatic carbocycles. The van der Waals surface area contributed by atoms with Crippen LogP contribution in [0.5, 0.6) is 5.75 Å². The van der Waals surface area contributed by atoms with E-state index in [1.165, 1.54) is 11.8 Å². The highest BCUT2D eigenvalue weighted by Crippen LogP contribution is 2.19. The number of nitriles is 1. The van der Waals surface area contributed by atoms with Crippen molar-refractivity contribution in [2.24, 2.45) is 0 Å². The molecule has 1 aliphatic heterocycles. The van der Waals surface area contributed by atoms with Gasteiger partial charge in [0.25, 0.3) is 5.91 Å². The van der Waals surface area contributed by atoms with Gasteiger partial charge < -0.3 is 19.5 Å². The van der Waals surface area contributed by atoms with Gasteiger partial charge in [-0.15, -0.1) is 0 Å². The zero-order valence-electron chi connectivity index (χ0n) is 12.1. The first-order valence-electron chi connectivity index (χ1n) is 6.81. The molecule has 7 heteroatoms. The number of amides is 1. The van der Waals surface area contributed by atoms with Gasteiger partial charge in [-0.3, -0.25) is 4.79 Å². The maximum atomic E-state index is 12.4. The van der Waals surface area contributed by atoms with Gasteiger partial charge in [-0.2, -0.15) is 5.26 Å². The van der Waals surface area contributed by atoms with Crippen LogP contribution in [0.15, 0.2) is 24.3 Å². The number of carboxylic acids is 1. The third-order valence-corrected chi connectivity index (χ3v) is 3.36. The second-order valence-corrected chi connectivity index (χ2v) is 4.83. The van der Waals surface area contributed by atoms with Gasteiger partial charge in [-0.25, -0.2) is 4.79 Å². The molecule has 1 amide bonds. The monoisotopic (exact) mass is 304 g/mol. The highest BCUT2D eigenvalue weighted by molar-refractivity contribution is 5.86. The third kappa shape index (κ3) is 3.35. The lowest BCUT2D eigenvalue weighted by molar-refractivity contribution is -0.161. The Kier molecular flexibility index (Phi) is 4.96. The summed E-state index contributed by atoms with van der Waals surface area (Å²) in [7, 11) is 0. The Balaban J connectivity index is 2.11. The molecule has 1 saturated heterocycles. The van der Waals surface area contributed by atoms with E-state index < -0.39 is 24.0 Å². The van der Waals surface area contributed by atoms with Crippen LogP contribution in [0.25, 0.3) is 0 Å². The number of aliphatic carboxylic acids is 1. The van der Waals surface area contributed by atoms with Crippen molar-refractivity contribution < 1.29 is 24.2 Å². The summed E-state index contributed by atoms with van der Waals surface area (Å²) < 4.78 is 10.6. The molecule has 2 rings (SSSR count). The highest BCUT2D eigenvalue weighted by Gasteiger charge is 2.35. The number of morpholine rings is 1. The number of hydrogen-bond acceptors (Lipinski definition) is 5. The van der Waals surface area contributed by atoms with E-state index in [0.717, 1.165) is 0 Å². The first kappa shape index (κ1) is 15.8. The largest absolute Gasteiger partial charge is 0.480 e. The Bertz CT molecular complexity index is 610. The van der Waals surface area contributed by atoms with Gasteiger partial charge in [0.05, 0.1) is 18.8 Å². The molecule has 0 radical (unpaired) electrons. The maximum absolute atomic E-state index is 12.4. The minimum atomic E-state index is -1.11. The van der Waals surface area contributed by atoms with Gasteiger partial charge in [0.2, 0.25) is 0 Å². The lowest BCUT2D eigenvalue weighted by atomic mass is 10.2. The van der Waals surface area contributed by atoms with Crippen LogP contribution in [0.1, 0.15) is 12.5 Å². The number of carboxylic acid groups (broad SMARTS) is 1. The Morgan fingerprint density at radius 3 is 2.91 bits per heavy atom. The Morgan fingerprint density at radius 2 is 2.23 bits per heavy atom. The summed E-state index contributed by atoms with van der Waals surface area (Å²) in [5, 5.41) is 18.2. The molecule has 0 bridgehead atoms. The zero-order chi connectivity index (χ0) is 16.1. The first-order chi connectivity index (χ1) is 10.5. The van der Waals surface area contributed by atoms with E-state index in [-0.39, 0.29) is 19.8 Å². The average molecular weight is 304 g/mol. The second-order valence-electron chi connectivity index (χ2n) is 4.83. The standard InChI is InChI=1S/C15H16N2O5/c1-10(22-13-5-3-2-4-11(13)8-16)14(18)17-6-7-21-9-12(17)15(19)20/h2-5,10,12H,6-7,9H2,1H3,(H,19,20)/t10-,12+/m1/s1.